The van der Waals surface area contributed by atoms with Crippen LogP contribution >= 0.6 is 0 Å². The van der Waals surface area contributed by atoms with Crippen LogP contribution in [-0.2, 0) is 20.7 Å². The van der Waals surface area contributed by atoms with Crippen LogP contribution in [0.3, 0.4) is 0 Å². The molecule has 1 aromatic carbocycles. The van der Waals surface area contributed by atoms with Gasteiger partial charge in [0.25, 0.3) is 0 Å². The second-order valence-corrected chi connectivity index (χ2v) is 11.0. The molecule has 3 rings (SSSR count). The molecule has 2 saturated carbocycles. The Hall–Kier alpha value is -2.08. The third kappa shape index (κ3) is 11.0. The molecule has 0 heterocycles. The fraction of sp³-hybridized carbons (Fsp3) is 0.688. The highest BCUT2D eigenvalue weighted by Gasteiger charge is 2.34. The zero-order valence-corrected chi connectivity index (χ0v) is 23.5. The summed E-state index contributed by atoms with van der Waals surface area (Å²) in [6.07, 6.45) is 17.9. The van der Waals surface area contributed by atoms with E-state index in [1.54, 1.807) is 7.11 Å². The number of aldehydes is 1. The zero-order valence-electron chi connectivity index (χ0n) is 23.5. The minimum atomic E-state index is -0.778. The number of rotatable bonds is 13. The average Bonchev–Trinajstić information content (AvgIpc) is 2.93. The Kier molecular flexibility index (Phi) is 15.4. The number of allylic oxidation sites excluding steroid dienone is 1. The van der Waals surface area contributed by atoms with Crippen molar-refractivity contribution in [1.82, 2.24) is 0 Å². The predicted molar refractivity (Wildman–Crippen MR) is 148 cm³/mol. The van der Waals surface area contributed by atoms with E-state index in [2.05, 4.69) is 13.5 Å². The van der Waals surface area contributed by atoms with Crippen LogP contribution in [0.4, 0.5) is 8.78 Å². The molecule has 0 bridgehead atoms. The lowest BCUT2D eigenvalue weighted by Crippen LogP contribution is -2.30. The number of esters is 1. The van der Waals surface area contributed by atoms with E-state index in [1.165, 1.54) is 56.7 Å². The Morgan fingerprint density at radius 3 is 2.03 bits per heavy atom. The van der Waals surface area contributed by atoms with Gasteiger partial charge in [-0.3, -0.25) is 9.59 Å². The maximum Gasteiger partial charge on any atom is 0.314 e. The summed E-state index contributed by atoms with van der Waals surface area (Å²) in [5.41, 5.74) is 0.607. The monoisotopic (exact) mass is 534 g/mol. The molecule has 2 fully saturated rings. The maximum absolute atomic E-state index is 14.6. The molecule has 2 aliphatic carbocycles. The number of aryl methyl sites for hydroxylation is 1. The van der Waals surface area contributed by atoms with Gasteiger partial charge in [0.2, 0.25) is 5.75 Å². The van der Waals surface area contributed by atoms with Crippen molar-refractivity contribution in [2.45, 2.75) is 103 Å². The van der Waals surface area contributed by atoms with Crippen molar-refractivity contribution in [2.24, 2.45) is 23.7 Å². The highest BCUT2D eigenvalue weighted by molar-refractivity contribution is 5.75. The molecule has 214 valence electrons. The number of benzene rings is 1. The van der Waals surface area contributed by atoms with E-state index in [1.807, 2.05) is 0 Å². The summed E-state index contributed by atoms with van der Waals surface area (Å²) in [6.45, 7) is 6.12. The summed E-state index contributed by atoms with van der Waals surface area (Å²) in [5.74, 6) is -0.441. The van der Waals surface area contributed by atoms with Gasteiger partial charge in [-0.05, 0) is 99.3 Å². The van der Waals surface area contributed by atoms with Crippen molar-refractivity contribution < 1.29 is 27.8 Å². The summed E-state index contributed by atoms with van der Waals surface area (Å²) in [5, 5.41) is 0. The van der Waals surface area contributed by atoms with Crippen molar-refractivity contribution in [3.63, 3.8) is 0 Å². The van der Waals surface area contributed by atoms with Crippen molar-refractivity contribution in [2.75, 3.05) is 13.7 Å². The standard InChI is InChI=1S/C29H44F2O3.C3H4O/c1-3-8-21-10-12-23(13-11-21)24-14-16-25(17-15-24)29(32)34-28-26(30)19-22(20-27(28)31)9-6-4-5-7-18-33-2;1-2-3-4/h19-21,23-25H,3-18H2,1-2H3;2-3H,1H2. The maximum atomic E-state index is 14.6. The van der Waals surface area contributed by atoms with Crippen molar-refractivity contribution in [3.8, 4) is 5.75 Å². The first kappa shape index (κ1) is 32.1. The number of carbonyl (C=O) groups is 2. The number of methoxy groups -OCH3 is 1. The van der Waals surface area contributed by atoms with Crippen LogP contribution in [0.1, 0.15) is 102 Å². The first-order valence-corrected chi connectivity index (χ1v) is 14.7. The Labute approximate surface area is 228 Å². The molecule has 0 amide bonds. The highest BCUT2D eigenvalue weighted by Crippen LogP contribution is 2.42. The van der Waals surface area contributed by atoms with Crippen LogP contribution in [0, 0.1) is 35.3 Å². The van der Waals surface area contributed by atoms with E-state index >= 15 is 0 Å². The second-order valence-electron chi connectivity index (χ2n) is 11.0. The van der Waals surface area contributed by atoms with Crippen LogP contribution in [0.2, 0.25) is 0 Å². The zero-order chi connectivity index (χ0) is 27.8. The lowest BCUT2D eigenvalue weighted by Gasteiger charge is -2.37. The summed E-state index contributed by atoms with van der Waals surface area (Å²) >= 11 is 0. The Morgan fingerprint density at radius 1 is 0.947 bits per heavy atom. The van der Waals surface area contributed by atoms with Crippen molar-refractivity contribution in [3.05, 3.63) is 42.0 Å². The largest absolute Gasteiger partial charge is 0.420 e. The van der Waals surface area contributed by atoms with Crippen LogP contribution in [-0.4, -0.2) is 26.0 Å². The van der Waals surface area contributed by atoms with E-state index in [9.17, 15) is 13.6 Å². The van der Waals surface area contributed by atoms with Gasteiger partial charge in [-0.15, -0.1) is 0 Å². The molecule has 0 spiro atoms. The molecule has 4 nitrogen and oxygen atoms in total. The number of ether oxygens (including phenoxy) is 2. The van der Waals surface area contributed by atoms with Gasteiger partial charge in [0.15, 0.2) is 11.6 Å². The van der Waals surface area contributed by atoms with Crippen LogP contribution in [0.25, 0.3) is 0 Å². The van der Waals surface area contributed by atoms with E-state index in [-0.39, 0.29) is 5.92 Å². The summed E-state index contributed by atoms with van der Waals surface area (Å²) in [4.78, 5) is 21.7. The fourth-order valence-corrected chi connectivity index (χ4v) is 6.15. The Morgan fingerprint density at radius 2 is 1.50 bits per heavy atom. The number of carbonyl (C=O) groups excluding carboxylic acids is 2. The Bertz CT molecular complexity index is 811. The first-order valence-electron chi connectivity index (χ1n) is 14.7. The van der Waals surface area contributed by atoms with E-state index in [0.29, 0.717) is 24.2 Å². The molecular formula is C32H48F2O4. The third-order valence-electron chi connectivity index (χ3n) is 8.28. The molecule has 0 atom stereocenters. The van der Waals surface area contributed by atoms with Crippen LogP contribution in [0.5, 0.6) is 5.75 Å². The quantitative estimate of drug-likeness (QED) is 0.0838. The lowest BCUT2D eigenvalue weighted by molar-refractivity contribution is -0.141. The van der Waals surface area contributed by atoms with Gasteiger partial charge >= 0.3 is 5.97 Å². The van der Waals surface area contributed by atoms with Crippen LogP contribution < -0.4 is 4.74 Å². The first-order chi connectivity index (χ1) is 18.4. The summed E-state index contributed by atoms with van der Waals surface area (Å²) in [7, 11) is 1.69. The van der Waals surface area contributed by atoms with Gasteiger partial charge in [0.05, 0.1) is 5.92 Å². The normalized spacial score (nSPS) is 23.2. The highest BCUT2D eigenvalue weighted by atomic mass is 19.1. The summed E-state index contributed by atoms with van der Waals surface area (Å²) < 4.78 is 39.4. The van der Waals surface area contributed by atoms with Gasteiger partial charge in [-0.2, -0.15) is 0 Å². The molecule has 0 unspecified atom stereocenters. The molecule has 0 radical (unpaired) electrons. The van der Waals surface area contributed by atoms with Gasteiger partial charge in [0.1, 0.15) is 6.29 Å². The smallest absolute Gasteiger partial charge is 0.314 e. The molecule has 0 aromatic heterocycles. The molecule has 0 N–H and O–H groups in total. The third-order valence-corrected chi connectivity index (χ3v) is 8.28. The van der Waals surface area contributed by atoms with Crippen LogP contribution in [0.15, 0.2) is 24.8 Å². The Balaban J connectivity index is 0.00000118. The molecule has 0 aliphatic heterocycles. The molecule has 1 aromatic rings. The number of hydrogen-bond donors (Lipinski definition) is 0. The molecule has 6 heteroatoms. The topological polar surface area (TPSA) is 52.6 Å². The van der Waals surface area contributed by atoms with Crippen molar-refractivity contribution in [1.29, 1.82) is 0 Å². The molecule has 2 aliphatic rings. The number of halogens is 2. The van der Waals surface area contributed by atoms with Gasteiger partial charge in [-0.1, -0.05) is 52.0 Å². The van der Waals surface area contributed by atoms with Gasteiger partial charge in [0, 0.05) is 13.7 Å². The molecular weight excluding hydrogens is 486 g/mol. The molecule has 0 saturated heterocycles. The van der Waals surface area contributed by atoms with E-state index in [0.717, 1.165) is 69.8 Å². The summed E-state index contributed by atoms with van der Waals surface area (Å²) in [6, 6.07) is 2.62. The minimum Gasteiger partial charge on any atom is -0.420 e. The molecule has 38 heavy (non-hydrogen) atoms. The van der Waals surface area contributed by atoms with E-state index in [4.69, 9.17) is 14.3 Å². The van der Waals surface area contributed by atoms with Gasteiger partial charge < -0.3 is 9.47 Å². The SMILES string of the molecule is C=CC=O.CCCC1CCC(C2CCC(C(=O)Oc3c(F)cc(CCCCCCOC)cc3F)CC2)CC1. The number of hydrogen-bond acceptors (Lipinski definition) is 4. The number of unbranched alkanes of at least 4 members (excludes halogenated alkanes) is 3. The minimum absolute atomic E-state index is 0.252. The second kappa shape index (κ2) is 18.3. The average molecular weight is 535 g/mol. The fourth-order valence-electron chi connectivity index (χ4n) is 6.15. The van der Waals surface area contributed by atoms with E-state index < -0.39 is 23.4 Å². The lowest BCUT2D eigenvalue weighted by atomic mass is 9.69. The predicted octanol–water partition coefficient (Wildman–Crippen LogP) is 8.40. The van der Waals surface area contributed by atoms with Crippen molar-refractivity contribution >= 4 is 12.3 Å². The van der Waals surface area contributed by atoms with Gasteiger partial charge in [-0.25, -0.2) is 8.78 Å².